The van der Waals surface area contributed by atoms with Crippen LogP contribution in [0.25, 0.3) is 22.3 Å². The summed E-state index contributed by atoms with van der Waals surface area (Å²) >= 11 is 1.32. The summed E-state index contributed by atoms with van der Waals surface area (Å²) in [5.41, 5.74) is 1.63. The number of amides is 3. The zero-order valence-electron chi connectivity index (χ0n) is 17.5. The Morgan fingerprint density at radius 1 is 1.23 bits per heavy atom. The van der Waals surface area contributed by atoms with Gasteiger partial charge in [0.2, 0.25) is 5.91 Å². The molecule has 0 radical (unpaired) electrons. The van der Waals surface area contributed by atoms with Gasteiger partial charge in [-0.25, -0.2) is 4.79 Å². The van der Waals surface area contributed by atoms with E-state index in [1.54, 1.807) is 6.92 Å². The number of hydrogen-bond acceptors (Lipinski definition) is 5. The fraction of sp³-hybridized carbons (Fsp3) is 0.429. The van der Waals surface area contributed by atoms with Crippen molar-refractivity contribution >= 4 is 34.6 Å². The molecule has 3 N–H and O–H groups in total. The summed E-state index contributed by atoms with van der Waals surface area (Å²) in [5.74, 6) is 0.441. The van der Waals surface area contributed by atoms with Gasteiger partial charge in [0.25, 0.3) is 0 Å². The molecule has 3 amide bonds. The van der Waals surface area contributed by atoms with Crippen LogP contribution in [0.3, 0.4) is 0 Å². The van der Waals surface area contributed by atoms with Gasteiger partial charge < -0.3 is 10.3 Å². The highest BCUT2D eigenvalue weighted by Gasteiger charge is 2.32. The summed E-state index contributed by atoms with van der Waals surface area (Å²) in [4.78, 5) is 27.8. The number of aromatic amines is 1. The number of carbonyl (C=O) groups excluding carboxylic acids is 2. The minimum atomic E-state index is -0.497. The summed E-state index contributed by atoms with van der Waals surface area (Å²) < 4.78 is 2.12. The number of fused-ring (bicyclic) bond motifs is 1. The summed E-state index contributed by atoms with van der Waals surface area (Å²) in [6, 6.07) is 7.92. The van der Waals surface area contributed by atoms with Crippen LogP contribution >= 0.6 is 11.8 Å². The Kier molecular flexibility index (Phi) is 5.31. The average Bonchev–Trinajstić information content (AvgIpc) is 3.28. The molecule has 1 fully saturated rings. The van der Waals surface area contributed by atoms with E-state index in [9.17, 15) is 9.59 Å². The standard InChI is InChI=1S/C21H26N6O2S/c1-12(18(28)23-19(29)24-21(2,3)4)30-20-26-25-17(27(20)13-9-10-13)15-11-22-16-8-6-5-7-14(15)16/h5-8,11-13,22H,9-10H2,1-4H3,(H2,23,24,28,29). The summed E-state index contributed by atoms with van der Waals surface area (Å²) in [6.07, 6.45) is 4.08. The lowest BCUT2D eigenvalue weighted by molar-refractivity contribution is -0.119. The van der Waals surface area contributed by atoms with Gasteiger partial charge in [0, 0.05) is 34.2 Å². The molecule has 0 saturated heterocycles. The highest BCUT2D eigenvalue weighted by atomic mass is 32.2. The number of hydrogen-bond donors (Lipinski definition) is 3. The maximum Gasteiger partial charge on any atom is 0.321 e. The first-order valence-electron chi connectivity index (χ1n) is 10.0. The van der Waals surface area contributed by atoms with Gasteiger partial charge in [-0.1, -0.05) is 30.0 Å². The van der Waals surface area contributed by atoms with E-state index in [1.807, 2.05) is 45.2 Å². The molecule has 4 rings (SSSR count). The molecule has 2 heterocycles. The van der Waals surface area contributed by atoms with Gasteiger partial charge in [0.15, 0.2) is 11.0 Å². The third kappa shape index (κ3) is 4.35. The number of rotatable bonds is 5. The molecule has 1 atom stereocenters. The molecule has 8 nitrogen and oxygen atoms in total. The number of nitrogens with zero attached hydrogens (tertiary/aromatic N) is 3. The Morgan fingerprint density at radius 3 is 2.67 bits per heavy atom. The van der Waals surface area contributed by atoms with Crippen molar-refractivity contribution in [2.75, 3.05) is 0 Å². The smallest absolute Gasteiger partial charge is 0.321 e. The Hall–Kier alpha value is -2.81. The SMILES string of the molecule is CC(Sc1nnc(-c2c[nH]c3ccccc23)n1C1CC1)C(=O)NC(=O)NC(C)(C)C. The van der Waals surface area contributed by atoms with Crippen LogP contribution in [0.1, 0.15) is 46.6 Å². The number of aromatic nitrogens is 4. The highest BCUT2D eigenvalue weighted by Crippen LogP contribution is 2.42. The second-order valence-electron chi connectivity index (χ2n) is 8.61. The molecular formula is C21H26N6O2S. The number of H-pyrrole nitrogens is 1. The largest absolute Gasteiger partial charge is 0.360 e. The van der Waals surface area contributed by atoms with Crippen LogP contribution in [-0.2, 0) is 4.79 Å². The Labute approximate surface area is 179 Å². The van der Waals surface area contributed by atoms with Crippen molar-refractivity contribution in [3.05, 3.63) is 30.5 Å². The van der Waals surface area contributed by atoms with Crippen molar-refractivity contribution in [2.24, 2.45) is 0 Å². The fourth-order valence-corrected chi connectivity index (χ4v) is 4.18. The van der Waals surface area contributed by atoms with Crippen LogP contribution in [-0.4, -0.2) is 42.5 Å². The minimum Gasteiger partial charge on any atom is -0.360 e. The Morgan fingerprint density at radius 2 is 1.97 bits per heavy atom. The molecule has 158 valence electrons. The number of urea groups is 1. The maximum atomic E-state index is 12.5. The molecular weight excluding hydrogens is 400 g/mol. The number of thioether (sulfide) groups is 1. The van der Waals surface area contributed by atoms with E-state index >= 15 is 0 Å². The molecule has 9 heteroatoms. The number of carbonyl (C=O) groups is 2. The molecule has 1 unspecified atom stereocenters. The van der Waals surface area contributed by atoms with Gasteiger partial charge in [-0.15, -0.1) is 10.2 Å². The topological polar surface area (TPSA) is 105 Å². The minimum absolute atomic E-state index is 0.339. The van der Waals surface area contributed by atoms with Gasteiger partial charge >= 0.3 is 6.03 Å². The highest BCUT2D eigenvalue weighted by molar-refractivity contribution is 8.00. The molecule has 2 aromatic heterocycles. The van der Waals surface area contributed by atoms with E-state index in [-0.39, 0.29) is 5.91 Å². The lowest BCUT2D eigenvalue weighted by atomic mass is 10.1. The molecule has 3 aromatic rings. The molecule has 0 spiro atoms. The molecule has 0 bridgehead atoms. The fourth-order valence-electron chi connectivity index (χ4n) is 3.26. The van der Waals surface area contributed by atoms with E-state index in [0.717, 1.165) is 35.1 Å². The van der Waals surface area contributed by atoms with E-state index in [1.165, 1.54) is 11.8 Å². The first kappa shape index (κ1) is 20.5. The normalized spacial score (nSPS) is 15.2. The number of benzene rings is 1. The van der Waals surface area contributed by atoms with E-state index < -0.39 is 16.8 Å². The second kappa shape index (κ2) is 7.79. The van der Waals surface area contributed by atoms with Gasteiger partial charge in [0.1, 0.15) is 0 Å². The van der Waals surface area contributed by atoms with Crippen molar-refractivity contribution in [1.82, 2.24) is 30.4 Å². The van der Waals surface area contributed by atoms with Crippen molar-refractivity contribution in [2.45, 2.75) is 62.5 Å². The summed E-state index contributed by atoms with van der Waals surface area (Å²) in [6.45, 7) is 7.35. The predicted octanol–water partition coefficient (Wildman–Crippen LogP) is 3.87. The first-order chi connectivity index (χ1) is 14.2. The summed E-state index contributed by atoms with van der Waals surface area (Å²) in [7, 11) is 0. The third-order valence-electron chi connectivity index (χ3n) is 4.78. The van der Waals surface area contributed by atoms with Crippen LogP contribution in [0.2, 0.25) is 0 Å². The monoisotopic (exact) mass is 426 g/mol. The number of para-hydroxylation sites is 1. The Bertz CT molecular complexity index is 1090. The van der Waals surface area contributed by atoms with E-state index in [0.29, 0.717) is 11.2 Å². The second-order valence-corrected chi connectivity index (χ2v) is 9.92. The third-order valence-corrected chi connectivity index (χ3v) is 5.84. The number of imide groups is 1. The molecule has 0 aliphatic heterocycles. The quantitative estimate of drug-likeness (QED) is 0.537. The zero-order valence-corrected chi connectivity index (χ0v) is 18.3. The molecule has 1 aliphatic carbocycles. The molecule has 30 heavy (non-hydrogen) atoms. The van der Waals surface area contributed by atoms with Crippen molar-refractivity contribution < 1.29 is 9.59 Å². The average molecular weight is 427 g/mol. The lowest BCUT2D eigenvalue weighted by Gasteiger charge is -2.21. The van der Waals surface area contributed by atoms with Crippen LogP contribution in [0, 0.1) is 0 Å². The molecule has 1 aliphatic rings. The molecule has 1 aromatic carbocycles. The Balaban J connectivity index is 1.54. The molecule has 1 saturated carbocycles. The van der Waals surface area contributed by atoms with Gasteiger partial charge in [0.05, 0.1) is 5.25 Å². The van der Waals surface area contributed by atoms with E-state index in [2.05, 4.69) is 36.4 Å². The first-order valence-corrected chi connectivity index (χ1v) is 10.9. The van der Waals surface area contributed by atoms with Gasteiger partial charge in [-0.05, 0) is 46.6 Å². The maximum absolute atomic E-state index is 12.5. The van der Waals surface area contributed by atoms with Crippen molar-refractivity contribution in [3.8, 4) is 11.4 Å². The predicted molar refractivity (Wildman–Crippen MR) is 117 cm³/mol. The van der Waals surface area contributed by atoms with Crippen LogP contribution in [0.4, 0.5) is 4.79 Å². The van der Waals surface area contributed by atoms with Crippen molar-refractivity contribution in [1.29, 1.82) is 0 Å². The number of nitrogens with one attached hydrogen (secondary N) is 3. The van der Waals surface area contributed by atoms with Crippen molar-refractivity contribution in [3.63, 3.8) is 0 Å². The van der Waals surface area contributed by atoms with E-state index in [4.69, 9.17) is 0 Å². The van der Waals surface area contributed by atoms with Gasteiger partial charge in [-0.3, -0.25) is 14.7 Å². The van der Waals surface area contributed by atoms with Crippen LogP contribution in [0.5, 0.6) is 0 Å². The lowest BCUT2D eigenvalue weighted by Crippen LogP contribution is -2.49. The zero-order chi connectivity index (χ0) is 21.5. The van der Waals surface area contributed by atoms with Crippen LogP contribution in [0.15, 0.2) is 35.6 Å². The van der Waals surface area contributed by atoms with Gasteiger partial charge in [-0.2, -0.15) is 0 Å². The van der Waals surface area contributed by atoms with Crippen LogP contribution < -0.4 is 10.6 Å². The summed E-state index contributed by atoms with van der Waals surface area (Å²) in [5, 5.41) is 15.3.